The third kappa shape index (κ3) is 9.87. The molecule has 0 saturated heterocycles. The summed E-state index contributed by atoms with van der Waals surface area (Å²) < 4.78 is 5.77. The predicted octanol–water partition coefficient (Wildman–Crippen LogP) is 4.06. The maximum atomic E-state index is 12.3. The molecule has 8 nitrogen and oxygen atoms in total. The molecule has 0 spiro atoms. The highest BCUT2D eigenvalue weighted by Gasteiger charge is 2.07. The quantitative estimate of drug-likeness (QED) is 0.279. The molecule has 8 heteroatoms. The van der Waals surface area contributed by atoms with E-state index in [1.54, 1.807) is 0 Å². The van der Waals surface area contributed by atoms with Crippen LogP contribution in [0.5, 0.6) is 11.5 Å². The van der Waals surface area contributed by atoms with Crippen LogP contribution in [0.2, 0.25) is 0 Å². The molecule has 0 aliphatic rings. The molecule has 0 atom stereocenters. The number of primary amides is 1. The molecule has 0 saturated carbocycles. The second kappa shape index (κ2) is 13.7. The Hall–Kier alpha value is -3.88. The first-order chi connectivity index (χ1) is 17.0. The van der Waals surface area contributed by atoms with Gasteiger partial charge in [-0.1, -0.05) is 30.3 Å². The molecule has 0 radical (unpaired) electrons. The highest BCUT2D eigenvalue weighted by molar-refractivity contribution is 5.92. The van der Waals surface area contributed by atoms with Crippen LogP contribution < -0.4 is 26.4 Å². The maximum absolute atomic E-state index is 12.3. The van der Waals surface area contributed by atoms with E-state index in [0.717, 1.165) is 49.7 Å². The van der Waals surface area contributed by atoms with Crippen molar-refractivity contribution in [2.24, 2.45) is 5.73 Å². The van der Waals surface area contributed by atoms with Gasteiger partial charge in [-0.2, -0.15) is 0 Å². The molecule has 184 valence electrons. The van der Waals surface area contributed by atoms with Crippen molar-refractivity contribution in [2.75, 3.05) is 43.9 Å². The number of hydrogen-bond acceptors (Lipinski definition) is 5. The van der Waals surface area contributed by atoms with Crippen LogP contribution in [0.3, 0.4) is 0 Å². The number of amides is 3. The summed E-state index contributed by atoms with van der Waals surface area (Å²) in [6.07, 6.45) is 1.83. The van der Waals surface area contributed by atoms with Crippen LogP contribution in [0, 0.1) is 0 Å². The van der Waals surface area contributed by atoms with Crippen LogP contribution in [0.1, 0.15) is 12.0 Å². The Balaban J connectivity index is 1.26. The number of ether oxygens (including phenoxy) is 1. The van der Waals surface area contributed by atoms with Gasteiger partial charge in [-0.15, -0.1) is 0 Å². The van der Waals surface area contributed by atoms with Crippen LogP contribution in [-0.4, -0.2) is 50.1 Å². The number of para-hydroxylation sites is 1. The molecule has 5 N–H and O–H groups in total. The Kier molecular flexibility index (Phi) is 10.1. The normalized spacial score (nSPS) is 10.7. The smallest absolute Gasteiger partial charge is 0.316 e. The van der Waals surface area contributed by atoms with Gasteiger partial charge >= 0.3 is 6.03 Å². The molecule has 0 aliphatic heterocycles. The first kappa shape index (κ1) is 25.7. The molecule has 35 heavy (non-hydrogen) atoms. The molecule has 3 rings (SSSR count). The Labute approximate surface area is 206 Å². The number of nitrogens with one attached hydrogen (secondary N) is 3. The van der Waals surface area contributed by atoms with Crippen molar-refractivity contribution < 1.29 is 14.3 Å². The van der Waals surface area contributed by atoms with Crippen LogP contribution >= 0.6 is 0 Å². The number of nitrogens with two attached hydrogens (primary N) is 1. The van der Waals surface area contributed by atoms with Gasteiger partial charge in [-0.3, -0.25) is 9.69 Å². The largest absolute Gasteiger partial charge is 0.457 e. The lowest BCUT2D eigenvalue weighted by Crippen LogP contribution is -2.32. The molecule has 0 heterocycles. The lowest BCUT2D eigenvalue weighted by atomic mass is 10.1. The van der Waals surface area contributed by atoms with Gasteiger partial charge in [-0.05, 0) is 93.6 Å². The monoisotopic (exact) mass is 475 g/mol. The zero-order valence-electron chi connectivity index (χ0n) is 20.0. The maximum Gasteiger partial charge on any atom is 0.316 e. The van der Waals surface area contributed by atoms with E-state index in [0.29, 0.717) is 12.2 Å². The van der Waals surface area contributed by atoms with Crippen molar-refractivity contribution in [1.29, 1.82) is 0 Å². The average molecular weight is 476 g/mol. The molecular formula is C27H33N5O3. The summed E-state index contributed by atoms with van der Waals surface area (Å²) in [6.45, 7) is 2.87. The zero-order valence-corrected chi connectivity index (χ0v) is 20.0. The molecule has 0 fully saturated rings. The standard InChI is InChI=1S/C27H33N5O3/c1-32(19-5-17-29-18-16-21-8-10-23(11-9-21)31-27(28)34)20-26(33)30-22-12-14-25(15-13-22)35-24-6-3-2-4-7-24/h2-4,6-15,29H,5,16-20H2,1H3,(H,30,33)(H3,28,31,34). The molecule has 3 aromatic carbocycles. The summed E-state index contributed by atoms with van der Waals surface area (Å²) in [5.74, 6) is 1.44. The van der Waals surface area contributed by atoms with Crippen molar-refractivity contribution in [1.82, 2.24) is 10.2 Å². The number of rotatable bonds is 13. The van der Waals surface area contributed by atoms with Gasteiger partial charge in [0.25, 0.3) is 0 Å². The summed E-state index contributed by atoms with van der Waals surface area (Å²) in [5.41, 5.74) is 7.72. The second-order valence-corrected chi connectivity index (χ2v) is 8.27. The van der Waals surface area contributed by atoms with Gasteiger partial charge in [0.2, 0.25) is 5.91 Å². The first-order valence-electron chi connectivity index (χ1n) is 11.7. The number of carbonyl (C=O) groups excluding carboxylic acids is 2. The Bertz CT molecular complexity index is 1060. The topological polar surface area (TPSA) is 109 Å². The minimum Gasteiger partial charge on any atom is -0.457 e. The molecule has 3 aromatic rings. The number of benzene rings is 3. The lowest BCUT2D eigenvalue weighted by molar-refractivity contribution is -0.117. The number of hydrogen-bond donors (Lipinski definition) is 4. The van der Waals surface area contributed by atoms with E-state index in [4.69, 9.17) is 10.5 Å². The van der Waals surface area contributed by atoms with Gasteiger partial charge in [0, 0.05) is 11.4 Å². The van der Waals surface area contributed by atoms with Crippen molar-refractivity contribution in [3.05, 3.63) is 84.4 Å². The number of likely N-dealkylation sites (N-methyl/N-ethyl adjacent to an activating group) is 1. The van der Waals surface area contributed by atoms with Crippen LogP contribution in [0.15, 0.2) is 78.9 Å². The first-order valence-corrected chi connectivity index (χ1v) is 11.7. The van der Waals surface area contributed by atoms with Gasteiger partial charge in [0.1, 0.15) is 11.5 Å². The van der Waals surface area contributed by atoms with E-state index < -0.39 is 6.03 Å². The summed E-state index contributed by atoms with van der Waals surface area (Å²) in [5, 5.41) is 8.90. The van der Waals surface area contributed by atoms with Crippen molar-refractivity contribution in [3.63, 3.8) is 0 Å². The van der Waals surface area contributed by atoms with E-state index in [9.17, 15) is 9.59 Å². The van der Waals surface area contributed by atoms with Crippen LogP contribution in [0.25, 0.3) is 0 Å². The lowest BCUT2D eigenvalue weighted by Gasteiger charge is -2.16. The summed E-state index contributed by atoms with van der Waals surface area (Å²) in [6, 6.07) is 24.0. The van der Waals surface area contributed by atoms with E-state index in [2.05, 4.69) is 16.0 Å². The summed E-state index contributed by atoms with van der Waals surface area (Å²) in [4.78, 5) is 25.2. The second-order valence-electron chi connectivity index (χ2n) is 8.27. The fourth-order valence-electron chi connectivity index (χ4n) is 3.48. The molecular weight excluding hydrogens is 442 g/mol. The van der Waals surface area contributed by atoms with E-state index in [1.807, 2.05) is 90.8 Å². The van der Waals surface area contributed by atoms with Crippen LogP contribution in [-0.2, 0) is 11.2 Å². The molecule has 0 aliphatic carbocycles. The predicted molar refractivity (Wildman–Crippen MR) is 140 cm³/mol. The third-order valence-electron chi connectivity index (χ3n) is 5.24. The Morgan fingerprint density at radius 1 is 0.829 bits per heavy atom. The highest BCUT2D eigenvalue weighted by atomic mass is 16.5. The van der Waals surface area contributed by atoms with Crippen molar-refractivity contribution in [2.45, 2.75) is 12.8 Å². The summed E-state index contributed by atoms with van der Waals surface area (Å²) >= 11 is 0. The van der Waals surface area contributed by atoms with Gasteiger partial charge in [-0.25, -0.2) is 4.79 Å². The minimum absolute atomic E-state index is 0.0496. The fourth-order valence-corrected chi connectivity index (χ4v) is 3.48. The molecule has 0 unspecified atom stereocenters. The SMILES string of the molecule is CN(CCCNCCc1ccc(NC(N)=O)cc1)CC(=O)Nc1ccc(Oc2ccccc2)cc1. The van der Waals surface area contributed by atoms with Crippen molar-refractivity contribution >= 4 is 23.3 Å². The number of carbonyl (C=O) groups is 2. The van der Waals surface area contributed by atoms with E-state index in [-0.39, 0.29) is 5.91 Å². The molecule has 0 bridgehead atoms. The number of nitrogens with zero attached hydrogens (tertiary/aromatic N) is 1. The Morgan fingerprint density at radius 3 is 2.14 bits per heavy atom. The zero-order chi connectivity index (χ0) is 24.9. The third-order valence-corrected chi connectivity index (χ3v) is 5.24. The summed E-state index contributed by atoms with van der Waals surface area (Å²) in [7, 11) is 1.94. The molecule has 0 aromatic heterocycles. The average Bonchev–Trinajstić information content (AvgIpc) is 2.84. The fraction of sp³-hybridized carbons (Fsp3) is 0.259. The highest BCUT2D eigenvalue weighted by Crippen LogP contribution is 2.22. The Morgan fingerprint density at radius 2 is 1.46 bits per heavy atom. The van der Waals surface area contributed by atoms with Gasteiger partial charge in [0.05, 0.1) is 6.54 Å². The van der Waals surface area contributed by atoms with Gasteiger partial charge < -0.3 is 26.4 Å². The molecule has 3 amide bonds. The number of anilines is 2. The van der Waals surface area contributed by atoms with Gasteiger partial charge in [0.15, 0.2) is 0 Å². The van der Waals surface area contributed by atoms with Crippen LogP contribution in [0.4, 0.5) is 16.2 Å². The van der Waals surface area contributed by atoms with E-state index >= 15 is 0 Å². The van der Waals surface area contributed by atoms with Crippen molar-refractivity contribution in [3.8, 4) is 11.5 Å². The number of urea groups is 1. The minimum atomic E-state index is -0.565. The van der Waals surface area contributed by atoms with E-state index in [1.165, 1.54) is 5.56 Å².